The molecule has 1 amide bonds. The van der Waals surface area contributed by atoms with Crippen molar-refractivity contribution < 1.29 is 4.79 Å². The number of rotatable bonds is 4. The molecule has 3 N–H and O–H groups in total. The topological polar surface area (TPSA) is 55.1 Å². The van der Waals surface area contributed by atoms with Crippen molar-refractivity contribution in [2.75, 3.05) is 12.8 Å². The highest BCUT2D eigenvalue weighted by atomic mass is 32.2. The monoisotopic (exact) mass is 284 g/mol. The number of carbonyl (C=O) groups is 1. The Balaban J connectivity index is 1.75. The molecule has 110 valence electrons. The number of nitrogens with one attached hydrogen (secondary N) is 1. The van der Waals surface area contributed by atoms with Crippen LogP contribution in [0.25, 0.3) is 0 Å². The Hall–Kier alpha value is -0.220. The number of carbonyl (C=O) groups excluding carboxylic acids is 1. The van der Waals surface area contributed by atoms with Crippen LogP contribution in [0.2, 0.25) is 0 Å². The molecule has 0 aromatic carbocycles. The summed E-state index contributed by atoms with van der Waals surface area (Å²) in [7, 11) is 0. The van der Waals surface area contributed by atoms with Crippen LogP contribution in [0.3, 0.4) is 0 Å². The summed E-state index contributed by atoms with van der Waals surface area (Å²) in [6, 6.07) is 0.422. The van der Waals surface area contributed by atoms with Crippen molar-refractivity contribution in [3.8, 4) is 0 Å². The number of amides is 1. The van der Waals surface area contributed by atoms with E-state index in [0.717, 1.165) is 43.9 Å². The Morgan fingerprint density at radius 2 is 1.95 bits per heavy atom. The Labute approximate surface area is 121 Å². The van der Waals surface area contributed by atoms with Crippen LogP contribution >= 0.6 is 11.8 Å². The molecule has 2 aliphatic carbocycles. The molecule has 2 atom stereocenters. The van der Waals surface area contributed by atoms with Gasteiger partial charge in [-0.05, 0) is 63.7 Å². The van der Waals surface area contributed by atoms with Gasteiger partial charge in [-0.3, -0.25) is 4.79 Å². The minimum absolute atomic E-state index is 0.248. The fourth-order valence-corrected chi connectivity index (χ4v) is 4.30. The third kappa shape index (κ3) is 4.38. The van der Waals surface area contributed by atoms with E-state index in [0.29, 0.717) is 17.9 Å². The number of hydrogen-bond donors (Lipinski definition) is 2. The zero-order valence-corrected chi connectivity index (χ0v) is 12.9. The summed E-state index contributed by atoms with van der Waals surface area (Å²) in [5.41, 5.74) is 5.70. The van der Waals surface area contributed by atoms with Gasteiger partial charge >= 0.3 is 0 Å². The molecule has 4 heteroatoms. The molecule has 0 saturated heterocycles. The molecule has 0 bridgehead atoms. The molecule has 0 aromatic rings. The predicted octanol–water partition coefficient (Wildman–Crippen LogP) is 2.54. The summed E-state index contributed by atoms with van der Waals surface area (Å²) in [4.78, 5) is 12.3. The first-order chi connectivity index (χ1) is 9.22. The third-order valence-corrected chi connectivity index (χ3v) is 5.95. The molecule has 0 heterocycles. The molecule has 2 saturated carbocycles. The molecular formula is C15H28N2OS. The summed E-state index contributed by atoms with van der Waals surface area (Å²) in [5.74, 6) is 1.21. The highest BCUT2D eigenvalue weighted by Gasteiger charge is 2.28. The second-order valence-electron chi connectivity index (χ2n) is 6.18. The van der Waals surface area contributed by atoms with Gasteiger partial charge in [-0.1, -0.05) is 6.42 Å². The molecule has 0 aliphatic heterocycles. The SMILES string of the molecule is CSC1CCCC(NC(=O)C2CCC(CN)CC2)C1. The van der Waals surface area contributed by atoms with Crippen molar-refractivity contribution in [3.63, 3.8) is 0 Å². The largest absolute Gasteiger partial charge is 0.353 e. The minimum atomic E-state index is 0.248. The molecular weight excluding hydrogens is 256 g/mol. The van der Waals surface area contributed by atoms with Gasteiger partial charge in [-0.25, -0.2) is 0 Å². The van der Waals surface area contributed by atoms with Crippen LogP contribution in [0.15, 0.2) is 0 Å². The van der Waals surface area contributed by atoms with E-state index in [1.54, 1.807) is 0 Å². The molecule has 2 aliphatic rings. The molecule has 19 heavy (non-hydrogen) atoms. The molecule has 2 unspecified atom stereocenters. The highest BCUT2D eigenvalue weighted by Crippen LogP contribution is 2.30. The Morgan fingerprint density at radius 1 is 1.21 bits per heavy atom. The van der Waals surface area contributed by atoms with Gasteiger partial charge in [0.2, 0.25) is 5.91 Å². The maximum atomic E-state index is 12.3. The molecule has 0 aromatic heterocycles. The van der Waals surface area contributed by atoms with Crippen molar-refractivity contribution in [3.05, 3.63) is 0 Å². The van der Waals surface area contributed by atoms with E-state index < -0.39 is 0 Å². The van der Waals surface area contributed by atoms with Gasteiger partial charge in [-0.15, -0.1) is 0 Å². The summed E-state index contributed by atoms with van der Waals surface area (Å²) >= 11 is 1.95. The smallest absolute Gasteiger partial charge is 0.223 e. The van der Waals surface area contributed by atoms with E-state index in [9.17, 15) is 4.79 Å². The molecule has 2 rings (SSSR count). The number of nitrogens with two attached hydrogens (primary N) is 1. The quantitative estimate of drug-likeness (QED) is 0.834. The van der Waals surface area contributed by atoms with Gasteiger partial charge in [0.25, 0.3) is 0 Å². The Morgan fingerprint density at radius 3 is 2.58 bits per heavy atom. The molecule has 0 spiro atoms. The van der Waals surface area contributed by atoms with Crippen LogP contribution in [0.4, 0.5) is 0 Å². The average molecular weight is 284 g/mol. The number of hydrogen-bond acceptors (Lipinski definition) is 3. The van der Waals surface area contributed by atoms with Gasteiger partial charge in [0, 0.05) is 17.2 Å². The van der Waals surface area contributed by atoms with Crippen molar-refractivity contribution in [2.45, 2.75) is 62.7 Å². The standard InChI is InChI=1S/C15H28N2OS/c1-19-14-4-2-3-13(9-14)17-15(18)12-7-5-11(10-16)6-8-12/h11-14H,2-10,16H2,1H3,(H,17,18). The van der Waals surface area contributed by atoms with E-state index in [1.165, 1.54) is 19.3 Å². The van der Waals surface area contributed by atoms with Crippen LogP contribution in [-0.4, -0.2) is 30.0 Å². The summed E-state index contributed by atoms with van der Waals surface area (Å²) in [6.45, 7) is 0.784. The predicted molar refractivity (Wildman–Crippen MR) is 82.2 cm³/mol. The third-order valence-electron chi connectivity index (χ3n) is 4.86. The first-order valence-electron chi connectivity index (χ1n) is 7.76. The van der Waals surface area contributed by atoms with Crippen molar-refractivity contribution in [2.24, 2.45) is 17.6 Å². The lowest BCUT2D eigenvalue weighted by Crippen LogP contribution is -2.43. The van der Waals surface area contributed by atoms with E-state index in [1.807, 2.05) is 11.8 Å². The van der Waals surface area contributed by atoms with E-state index in [2.05, 4.69) is 11.6 Å². The van der Waals surface area contributed by atoms with Gasteiger partial charge in [0.15, 0.2) is 0 Å². The lowest BCUT2D eigenvalue weighted by molar-refractivity contribution is -0.127. The fourth-order valence-electron chi connectivity index (χ4n) is 3.47. The van der Waals surface area contributed by atoms with E-state index in [-0.39, 0.29) is 5.92 Å². The first-order valence-corrected chi connectivity index (χ1v) is 9.05. The molecule has 2 fully saturated rings. The second kappa shape index (κ2) is 7.53. The lowest BCUT2D eigenvalue weighted by Gasteiger charge is -2.32. The van der Waals surface area contributed by atoms with Crippen molar-refractivity contribution in [1.29, 1.82) is 0 Å². The zero-order valence-electron chi connectivity index (χ0n) is 12.1. The summed E-state index contributed by atoms with van der Waals surface area (Å²) < 4.78 is 0. The van der Waals surface area contributed by atoms with Crippen molar-refractivity contribution >= 4 is 17.7 Å². The summed E-state index contributed by atoms with van der Waals surface area (Å²) in [5, 5.41) is 4.04. The van der Waals surface area contributed by atoms with Gasteiger partial charge in [0.05, 0.1) is 0 Å². The highest BCUT2D eigenvalue weighted by molar-refractivity contribution is 7.99. The maximum absolute atomic E-state index is 12.3. The van der Waals surface area contributed by atoms with E-state index in [4.69, 9.17) is 5.73 Å². The normalized spacial score (nSPS) is 35.9. The van der Waals surface area contributed by atoms with Crippen LogP contribution in [0.1, 0.15) is 51.4 Å². The van der Waals surface area contributed by atoms with Crippen LogP contribution in [0, 0.1) is 11.8 Å². The van der Waals surface area contributed by atoms with Gasteiger partial charge in [-0.2, -0.15) is 11.8 Å². The number of thioether (sulfide) groups is 1. The Bertz CT molecular complexity index is 290. The average Bonchev–Trinajstić information content (AvgIpc) is 2.47. The zero-order chi connectivity index (χ0) is 13.7. The van der Waals surface area contributed by atoms with Crippen LogP contribution in [-0.2, 0) is 4.79 Å². The minimum Gasteiger partial charge on any atom is -0.353 e. The second-order valence-corrected chi connectivity index (χ2v) is 7.32. The van der Waals surface area contributed by atoms with Crippen molar-refractivity contribution in [1.82, 2.24) is 5.32 Å². The summed E-state index contributed by atoms with van der Waals surface area (Å²) in [6.07, 6.45) is 11.4. The van der Waals surface area contributed by atoms with Gasteiger partial charge < -0.3 is 11.1 Å². The molecule has 3 nitrogen and oxygen atoms in total. The first kappa shape index (κ1) is 15.2. The lowest BCUT2D eigenvalue weighted by atomic mass is 9.81. The van der Waals surface area contributed by atoms with Crippen LogP contribution in [0.5, 0.6) is 0 Å². The molecule has 0 radical (unpaired) electrons. The van der Waals surface area contributed by atoms with Gasteiger partial charge in [0.1, 0.15) is 0 Å². The Kier molecular flexibility index (Phi) is 6.02. The fraction of sp³-hybridized carbons (Fsp3) is 0.933. The van der Waals surface area contributed by atoms with Crippen LogP contribution < -0.4 is 11.1 Å². The van der Waals surface area contributed by atoms with E-state index >= 15 is 0 Å². The maximum Gasteiger partial charge on any atom is 0.223 e.